The van der Waals surface area contributed by atoms with Gasteiger partial charge in [-0.2, -0.15) is 4.98 Å². The fourth-order valence-electron chi connectivity index (χ4n) is 1.55. The molecule has 0 radical (unpaired) electrons. The molecule has 0 fully saturated rings. The summed E-state index contributed by atoms with van der Waals surface area (Å²) in [4.78, 5) is 26.2. The van der Waals surface area contributed by atoms with E-state index in [4.69, 9.17) is 5.11 Å². The summed E-state index contributed by atoms with van der Waals surface area (Å²) in [5, 5.41) is 9.18. The summed E-state index contributed by atoms with van der Waals surface area (Å²) in [6, 6.07) is 5.94. The summed E-state index contributed by atoms with van der Waals surface area (Å²) in [6.07, 6.45) is 1.40. The average Bonchev–Trinajstić information content (AvgIpc) is 2.42. The van der Waals surface area contributed by atoms with Gasteiger partial charge in [0, 0.05) is 11.9 Å². The number of carboxylic acid groups (broad SMARTS) is 1. The van der Waals surface area contributed by atoms with Crippen LogP contribution in [0.1, 0.15) is 5.56 Å². The van der Waals surface area contributed by atoms with E-state index in [9.17, 15) is 14.0 Å². The first kappa shape index (κ1) is 15.7. The van der Waals surface area contributed by atoms with E-state index in [1.165, 1.54) is 34.7 Å². The summed E-state index contributed by atoms with van der Waals surface area (Å²) in [5.41, 5.74) is 0.388. The maximum atomic E-state index is 12.8. The van der Waals surface area contributed by atoms with Gasteiger partial charge in [0.05, 0.1) is 0 Å². The van der Waals surface area contributed by atoms with Crippen molar-refractivity contribution < 1.29 is 14.3 Å². The van der Waals surface area contributed by atoms with E-state index in [1.54, 1.807) is 12.1 Å². The van der Waals surface area contributed by atoms with Crippen LogP contribution >= 0.6 is 27.7 Å². The number of halogens is 2. The molecule has 1 aromatic heterocycles. The molecule has 8 heteroatoms. The van der Waals surface area contributed by atoms with Crippen LogP contribution in [0.25, 0.3) is 0 Å². The Kier molecular flexibility index (Phi) is 5.13. The van der Waals surface area contributed by atoms with Crippen molar-refractivity contribution in [3.63, 3.8) is 0 Å². The molecule has 0 aliphatic carbocycles. The Morgan fingerprint density at radius 3 is 2.67 bits per heavy atom. The highest BCUT2D eigenvalue weighted by molar-refractivity contribution is 9.10. The second-order valence-electron chi connectivity index (χ2n) is 4.11. The Balaban J connectivity index is 2.21. The van der Waals surface area contributed by atoms with Crippen molar-refractivity contribution >= 4 is 33.7 Å². The van der Waals surface area contributed by atoms with Crippen molar-refractivity contribution in [2.24, 2.45) is 0 Å². The van der Waals surface area contributed by atoms with Gasteiger partial charge in [0.1, 0.15) is 16.8 Å². The van der Waals surface area contributed by atoms with Crippen LogP contribution in [0.15, 0.2) is 44.9 Å². The molecule has 0 unspecified atom stereocenters. The quantitative estimate of drug-likeness (QED) is 0.644. The minimum absolute atomic E-state index is 0.204. The van der Waals surface area contributed by atoms with E-state index in [-0.39, 0.29) is 16.8 Å². The van der Waals surface area contributed by atoms with Crippen LogP contribution < -0.4 is 5.56 Å². The molecule has 0 saturated carbocycles. The Morgan fingerprint density at radius 2 is 2.05 bits per heavy atom. The Hall–Kier alpha value is -1.67. The van der Waals surface area contributed by atoms with Crippen LogP contribution in [-0.4, -0.2) is 20.6 Å². The molecule has 0 aliphatic rings. The third kappa shape index (κ3) is 4.40. The lowest BCUT2D eigenvalue weighted by Crippen LogP contribution is -2.18. The number of hydrogen-bond donors (Lipinski definition) is 1. The standard InChI is InChI=1S/C13H10BrFN2O3S/c14-10-5-17(6-11(18)19)13(16-12(10)20)21-7-8-1-3-9(15)4-2-8/h1-5H,6-7H2,(H,18,19). The first-order valence-corrected chi connectivity index (χ1v) is 7.59. The largest absolute Gasteiger partial charge is 0.480 e. The van der Waals surface area contributed by atoms with E-state index < -0.39 is 11.5 Å². The van der Waals surface area contributed by atoms with Gasteiger partial charge in [-0.25, -0.2) is 4.39 Å². The van der Waals surface area contributed by atoms with Crippen molar-refractivity contribution in [3.05, 3.63) is 56.7 Å². The van der Waals surface area contributed by atoms with E-state index in [0.717, 1.165) is 5.56 Å². The third-order valence-electron chi connectivity index (χ3n) is 2.50. The summed E-state index contributed by atoms with van der Waals surface area (Å²) < 4.78 is 14.4. The van der Waals surface area contributed by atoms with E-state index in [2.05, 4.69) is 20.9 Å². The van der Waals surface area contributed by atoms with E-state index >= 15 is 0 Å². The van der Waals surface area contributed by atoms with Gasteiger partial charge in [-0.05, 0) is 33.6 Å². The molecule has 5 nitrogen and oxygen atoms in total. The minimum atomic E-state index is -1.03. The predicted octanol–water partition coefficient (Wildman–Crippen LogP) is 2.52. The van der Waals surface area contributed by atoms with Crippen molar-refractivity contribution in [1.29, 1.82) is 0 Å². The number of aliphatic carboxylic acids is 1. The van der Waals surface area contributed by atoms with Gasteiger partial charge in [-0.1, -0.05) is 23.9 Å². The van der Waals surface area contributed by atoms with Crippen molar-refractivity contribution in [3.8, 4) is 0 Å². The van der Waals surface area contributed by atoms with Gasteiger partial charge in [0.15, 0.2) is 5.16 Å². The average molecular weight is 373 g/mol. The van der Waals surface area contributed by atoms with Crippen LogP contribution in [0, 0.1) is 5.82 Å². The zero-order chi connectivity index (χ0) is 15.4. The second-order valence-corrected chi connectivity index (χ2v) is 5.91. The van der Waals surface area contributed by atoms with E-state index in [0.29, 0.717) is 10.9 Å². The molecule has 0 bridgehead atoms. The third-order valence-corrected chi connectivity index (χ3v) is 4.11. The maximum Gasteiger partial charge on any atom is 0.323 e. The highest BCUT2D eigenvalue weighted by Crippen LogP contribution is 2.21. The summed E-state index contributed by atoms with van der Waals surface area (Å²) in [7, 11) is 0. The maximum absolute atomic E-state index is 12.8. The fourth-order valence-corrected chi connectivity index (χ4v) is 2.81. The Bertz CT molecular complexity index is 718. The molecule has 0 atom stereocenters. The number of aromatic nitrogens is 2. The number of thioether (sulfide) groups is 1. The summed E-state index contributed by atoms with van der Waals surface area (Å²) in [6.45, 7) is -0.294. The van der Waals surface area contributed by atoms with Crippen molar-refractivity contribution in [2.75, 3.05) is 0 Å². The molecular formula is C13H10BrFN2O3S. The molecule has 1 heterocycles. The normalized spacial score (nSPS) is 10.6. The second kappa shape index (κ2) is 6.86. The molecule has 0 spiro atoms. The number of carbonyl (C=O) groups is 1. The first-order chi connectivity index (χ1) is 9.95. The summed E-state index contributed by atoms with van der Waals surface area (Å²) >= 11 is 4.25. The molecule has 0 aliphatic heterocycles. The molecule has 0 saturated heterocycles. The summed E-state index contributed by atoms with van der Waals surface area (Å²) in [5.74, 6) is -0.905. The smallest absolute Gasteiger partial charge is 0.323 e. The Morgan fingerprint density at radius 1 is 1.38 bits per heavy atom. The highest BCUT2D eigenvalue weighted by atomic mass is 79.9. The molecular weight excluding hydrogens is 363 g/mol. The van der Waals surface area contributed by atoms with Gasteiger partial charge in [0.2, 0.25) is 0 Å². The lowest BCUT2D eigenvalue weighted by molar-refractivity contribution is -0.137. The molecule has 2 aromatic rings. The van der Waals surface area contributed by atoms with Crippen molar-refractivity contribution in [2.45, 2.75) is 17.5 Å². The van der Waals surface area contributed by atoms with Crippen LogP contribution in [-0.2, 0) is 17.1 Å². The fraction of sp³-hybridized carbons (Fsp3) is 0.154. The molecule has 2 rings (SSSR count). The highest BCUT2D eigenvalue weighted by Gasteiger charge is 2.10. The predicted molar refractivity (Wildman–Crippen MR) is 79.8 cm³/mol. The topological polar surface area (TPSA) is 72.2 Å². The molecule has 110 valence electrons. The zero-order valence-electron chi connectivity index (χ0n) is 10.6. The number of nitrogens with zero attached hydrogens (tertiary/aromatic N) is 2. The monoisotopic (exact) mass is 372 g/mol. The lowest BCUT2D eigenvalue weighted by Gasteiger charge is -2.10. The SMILES string of the molecule is O=C(O)Cn1cc(Br)c(=O)nc1SCc1ccc(F)cc1. The Labute approximate surface area is 132 Å². The number of hydrogen-bond acceptors (Lipinski definition) is 4. The van der Waals surface area contributed by atoms with Crippen LogP contribution in [0.5, 0.6) is 0 Å². The van der Waals surface area contributed by atoms with Crippen LogP contribution in [0.4, 0.5) is 4.39 Å². The van der Waals surface area contributed by atoms with Crippen LogP contribution in [0.2, 0.25) is 0 Å². The van der Waals surface area contributed by atoms with Gasteiger partial charge < -0.3 is 9.67 Å². The molecule has 1 aromatic carbocycles. The number of benzene rings is 1. The molecule has 1 N–H and O–H groups in total. The van der Waals surface area contributed by atoms with E-state index in [1.807, 2.05) is 0 Å². The van der Waals surface area contributed by atoms with Crippen molar-refractivity contribution in [1.82, 2.24) is 9.55 Å². The first-order valence-electron chi connectivity index (χ1n) is 5.82. The minimum Gasteiger partial charge on any atom is -0.480 e. The molecule has 21 heavy (non-hydrogen) atoms. The molecule has 0 amide bonds. The lowest BCUT2D eigenvalue weighted by atomic mass is 10.2. The van der Waals surface area contributed by atoms with Gasteiger partial charge in [-0.15, -0.1) is 0 Å². The van der Waals surface area contributed by atoms with Gasteiger partial charge in [0.25, 0.3) is 5.56 Å². The number of carboxylic acids is 1. The number of rotatable bonds is 5. The van der Waals surface area contributed by atoms with Crippen LogP contribution in [0.3, 0.4) is 0 Å². The zero-order valence-corrected chi connectivity index (χ0v) is 13.0. The van der Waals surface area contributed by atoms with Gasteiger partial charge in [-0.3, -0.25) is 9.59 Å². The van der Waals surface area contributed by atoms with Gasteiger partial charge >= 0.3 is 5.97 Å².